The number of hydrogen-bond donors (Lipinski definition) is 1. The van der Waals surface area contributed by atoms with Crippen LogP contribution in [0.15, 0.2) is 65.7 Å². The number of nitrogens with zero attached hydrogens (tertiary/aromatic N) is 4. The van der Waals surface area contributed by atoms with Crippen LogP contribution in [0.1, 0.15) is 19.5 Å². The summed E-state index contributed by atoms with van der Waals surface area (Å²) in [4.78, 5) is 29.1. The zero-order valence-corrected chi connectivity index (χ0v) is 23.6. The topological polar surface area (TPSA) is 124 Å². The van der Waals surface area contributed by atoms with Gasteiger partial charge in [0.1, 0.15) is 16.5 Å². The van der Waals surface area contributed by atoms with Crippen LogP contribution in [0.4, 0.5) is 11.5 Å². The van der Waals surface area contributed by atoms with E-state index in [2.05, 4.69) is 29.0 Å². The Bertz CT molecular complexity index is 1670. The summed E-state index contributed by atoms with van der Waals surface area (Å²) in [5, 5.41) is 3.58. The van der Waals surface area contributed by atoms with Crippen molar-refractivity contribution in [3.8, 4) is 17.1 Å². The minimum absolute atomic E-state index is 0.00341. The van der Waals surface area contributed by atoms with Gasteiger partial charge in [-0.3, -0.25) is 9.78 Å². The van der Waals surface area contributed by atoms with Gasteiger partial charge in [0.25, 0.3) is 0 Å². The van der Waals surface area contributed by atoms with E-state index in [1.807, 2.05) is 30.3 Å². The number of methoxy groups -OCH3 is 1. The van der Waals surface area contributed by atoms with E-state index in [-0.39, 0.29) is 35.2 Å². The summed E-state index contributed by atoms with van der Waals surface area (Å²) in [6.07, 6.45) is 3.02. The van der Waals surface area contributed by atoms with Crippen LogP contribution >= 0.6 is 0 Å². The van der Waals surface area contributed by atoms with Crippen LogP contribution in [-0.2, 0) is 25.8 Å². The van der Waals surface area contributed by atoms with Crippen LogP contribution in [0.2, 0.25) is 0 Å². The van der Waals surface area contributed by atoms with Crippen LogP contribution < -0.4 is 15.0 Å². The Balaban J connectivity index is 1.34. The lowest BCUT2D eigenvalue weighted by Crippen LogP contribution is -2.45. The Hall–Kier alpha value is -4.09. The maximum Gasteiger partial charge on any atom is 0.230 e. The molecule has 0 aliphatic carbocycles. The first-order valence-electron chi connectivity index (χ1n) is 12.9. The number of nitrogens with one attached hydrogen (secondary N) is 1. The monoisotopic (exact) mass is 561 g/mol. The van der Waals surface area contributed by atoms with Crippen molar-refractivity contribution in [2.45, 2.75) is 37.4 Å². The van der Waals surface area contributed by atoms with Crippen LogP contribution in [0.5, 0.6) is 5.75 Å². The molecule has 208 valence electrons. The number of pyridine rings is 3. The molecule has 0 radical (unpaired) electrons. The van der Waals surface area contributed by atoms with Crippen molar-refractivity contribution in [1.82, 2.24) is 15.0 Å². The second kappa shape index (κ2) is 11.2. The first-order valence-corrected chi connectivity index (χ1v) is 14.8. The molecule has 11 heteroatoms. The van der Waals surface area contributed by atoms with Crippen LogP contribution in [0.25, 0.3) is 22.3 Å². The van der Waals surface area contributed by atoms with Gasteiger partial charge in [0.15, 0.2) is 9.84 Å². The average molecular weight is 562 g/mol. The van der Waals surface area contributed by atoms with Crippen molar-refractivity contribution in [2.24, 2.45) is 0 Å². The number of amides is 1. The number of ether oxygens (including phenoxy) is 2. The molecular weight excluding hydrogens is 530 g/mol. The number of anilines is 2. The van der Waals surface area contributed by atoms with Crippen LogP contribution in [0.3, 0.4) is 0 Å². The summed E-state index contributed by atoms with van der Waals surface area (Å²) in [7, 11) is -2.14. The lowest BCUT2D eigenvalue weighted by Gasteiger charge is -2.36. The molecule has 3 aromatic heterocycles. The molecule has 0 unspecified atom stereocenters. The van der Waals surface area contributed by atoms with E-state index in [0.717, 1.165) is 41.9 Å². The molecule has 4 heterocycles. The van der Waals surface area contributed by atoms with Gasteiger partial charge in [-0.25, -0.2) is 18.4 Å². The Morgan fingerprint density at radius 3 is 2.52 bits per heavy atom. The third kappa shape index (κ3) is 6.21. The number of benzene rings is 1. The quantitative estimate of drug-likeness (QED) is 0.358. The number of carbonyl (C=O) groups excluding carboxylic acids is 1. The highest BCUT2D eigenvalue weighted by molar-refractivity contribution is 7.90. The van der Waals surface area contributed by atoms with E-state index < -0.39 is 9.84 Å². The largest absolute Gasteiger partial charge is 0.495 e. The van der Waals surface area contributed by atoms with E-state index in [4.69, 9.17) is 19.4 Å². The predicted molar refractivity (Wildman–Crippen MR) is 153 cm³/mol. The predicted octanol–water partition coefficient (Wildman–Crippen LogP) is 3.90. The van der Waals surface area contributed by atoms with Gasteiger partial charge in [0.05, 0.1) is 48.3 Å². The SMILES string of the molecule is COc1ccc(NC(=O)Cc2cc3nc(-c4cccc(N5C[C@@H](C)O[C@@H](C)C5)n4)ccc3cn2)cc1S(C)(=O)=O. The highest BCUT2D eigenvalue weighted by atomic mass is 32.2. The minimum Gasteiger partial charge on any atom is -0.495 e. The van der Waals surface area contributed by atoms with Crippen molar-refractivity contribution >= 4 is 38.2 Å². The van der Waals surface area contributed by atoms with E-state index in [0.29, 0.717) is 16.9 Å². The van der Waals surface area contributed by atoms with E-state index >= 15 is 0 Å². The molecule has 2 atom stereocenters. The molecule has 1 aliphatic rings. The molecule has 1 N–H and O–H groups in total. The highest BCUT2D eigenvalue weighted by Gasteiger charge is 2.23. The third-order valence-electron chi connectivity index (χ3n) is 6.56. The van der Waals surface area contributed by atoms with E-state index in [1.54, 1.807) is 18.3 Å². The summed E-state index contributed by atoms with van der Waals surface area (Å²) < 4.78 is 35.2. The average Bonchev–Trinajstić information content (AvgIpc) is 2.91. The number of hydrogen-bond acceptors (Lipinski definition) is 9. The number of carbonyl (C=O) groups is 1. The van der Waals surface area contributed by atoms with Gasteiger partial charge in [-0.05, 0) is 62.4 Å². The van der Waals surface area contributed by atoms with Crippen molar-refractivity contribution in [3.05, 3.63) is 66.5 Å². The lowest BCUT2D eigenvalue weighted by atomic mass is 10.1. The maximum atomic E-state index is 12.8. The van der Waals surface area contributed by atoms with Gasteiger partial charge in [0, 0.05) is 36.6 Å². The smallest absolute Gasteiger partial charge is 0.230 e. The summed E-state index contributed by atoms with van der Waals surface area (Å²) in [6, 6.07) is 16.0. The number of aromatic nitrogens is 3. The van der Waals surface area contributed by atoms with Gasteiger partial charge in [-0.2, -0.15) is 0 Å². The molecule has 5 rings (SSSR count). The van der Waals surface area contributed by atoms with Crippen molar-refractivity contribution in [1.29, 1.82) is 0 Å². The molecule has 1 saturated heterocycles. The zero-order chi connectivity index (χ0) is 28.4. The summed E-state index contributed by atoms with van der Waals surface area (Å²) in [6.45, 7) is 5.67. The van der Waals surface area contributed by atoms with Gasteiger partial charge in [0.2, 0.25) is 5.91 Å². The van der Waals surface area contributed by atoms with Crippen LogP contribution in [0, 0.1) is 0 Å². The van der Waals surface area contributed by atoms with Gasteiger partial charge < -0.3 is 19.7 Å². The molecule has 1 aromatic carbocycles. The van der Waals surface area contributed by atoms with Crippen molar-refractivity contribution < 1.29 is 22.7 Å². The van der Waals surface area contributed by atoms with Gasteiger partial charge in [-0.15, -0.1) is 0 Å². The minimum atomic E-state index is -3.54. The fraction of sp³-hybridized carbons (Fsp3) is 0.310. The Morgan fingerprint density at radius 1 is 1.05 bits per heavy atom. The summed E-state index contributed by atoms with van der Waals surface area (Å²) in [5.74, 6) is 0.759. The third-order valence-corrected chi connectivity index (χ3v) is 7.68. The van der Waals surface area contributed by atoms with E-state index in [1.165, 1.54) is 19.2 Å². The molecule has 10 nitrogen and oxygen atoms in total. The molecule has 4 aromatic rings. The Kier molecular flexibility index (Phi) is 7.68. The standard InChI is InChI=1S/C29H31N5O5S/c1-18-16-34(17-19(2)39-18)28-7-5-6-23(33-28)24-10-8-20-15-30-22(12-25(20)32-24)14-29(35)31-21-9-11-26(38-3)27(13-21)40(4,36)37/h5-13,15,18-19H,14,16-17H2,1-4H3,(H,31,35)/t18-,19+. The number of fused-ring (bicyclic) bond motifs is 1. The van der Waals surface area contributed by atoms with Crippen LogP contribution in [-0.4, -0.2) is 67.9 Å². The molecule has 0 saturated carbocycles. The zero-order valence-electron chi connectivity index (χ0n) is 22.8. The number of morpholine rings is 1. The van der Waals surface area contributed by atoms with Gasteiger partial charge >= 0.3 is 0 Å². The lowest BCUT2D eigenvalue weighted by molar-refractivity contribution is -0.115. The number of rotatable bonds is 7. The Labute approximate surface area is 233 Å². The maximum absolute atomic E-state index is 12.8. The first-order chi connectivity index (χ1) is 19.1. The molecule has 40 heavy (non-hydrogen) atoms. The van der Waals surface area contributed by atoms with Gasteiger partial charge in [-0.1, -0.05) is 6.07 Å². The fourth-order valence-corrected chi connectivity index (χ4v) is 5.68. The molecule has 0 bridgehead atoms. The van der Waals surface area contributed by atoms with E-state index in [9.17, 15) is 13.2 Å². The summed E-state index contributed by atoms with van der Waals surface area (Å²) in [5.41, 5.74) is 3.05. The van der Waals surface area contributed by atoms with Crippen molar-refractivity contribution in [2.75, 3.05) is 36.7 Å². The first kappa shape index (κ1) is 27.5. The fourth-order valence-electron chi connectivity index (χ4n) is 4.82. The second-order valence-electron chi connectivity index (χ2n) is 9.97. The Morgan fingerprint density at radius 2 is 1.80 bits per heavy atom. The molecular formula is C29H31N5O5S. The molecule has 1 amide bonds. The normalized spacial score (nSPS) is 17.6. The van der Waals surface area contributed by atoms with Crippen molar-refractivity contribution in [3.63, 3.8) is 0 Å². The molecule has 0 spiro atoms. The molecule has 1 fully saturated rings. The molecule has 1 aliphatic heterocycles. The second-order valence-corrected chi connectivity index (χ2v) is 12.0. The highest BCUT2D eigenvalue weighted by Crippen LogP contribution is 2.28. The number of sulfone groups is 1. The summed E-state index contributed by atoms with van der Waals surface area (Å²) >= 11 is 0.